The Labute approximate surface area is 135 Å². The lowest BCUT2D eigenvalue weighted by molar-refractivity contribution is -0.122. The van der Waals surface area contributed by atoms with Crippen molar-refractivity contribution in [1.29, 1.82) is 0 Å². The summed E-state index contributed by atoms with van der Waals surface area (Å²) < 4.78 is 0. The van der Waals surface area contributed by atoms with Gasteiger partial charge in [0.25, 0.3) is 0 Å². The average Bonchev–Trinajstić information content (AvgIpc) is 2.48. The Morgan fingerprint density at radius 1 is 0.957 bits per heavy atom. The predicted molar refractivity (Wildman–Crippen MR) is 92.1 cm³/mol. The van der Waals surface area contributed by atoms with Gasteiger partial charge in [0.15, 0.2) is 5.78 Å². The van der Waals surface area contributed by atoms with Gasteiger partial charge in [-0.2, -0.15) is 0 Å². The summed E-state index contributed by atoms with van der Waals surface area (Å²) in [4.78, 5) is 23.3. The van der Waals surface area contributed by atoms with Gasteiger partial charge < -0.3 is 10.6 Å². The minimum atomic E-state index is 0.0442. The van der Waals surface area contributed by atoms with Crippen LogP contribution in [0, 0.1) is 5.92 Å². The lowest BCUT2D eigenvalue weighted by Gasteiger charge is -2.24. The first-order valence-corrected chi connectivity index (χ1v) is 7.91. The van der Waals surface area contributed by atoms with Crippen molar-refractivity contribution in [2.24, 2.45) is 5.92 Å². The zero-order valence-corrected chi connectivity index (χ0v) is 13.1. The van der Waals surface area contributed by atoms with E-state index in [4.69, 9.17) is 0 Å². The maximum absolute atomic E-state index is 11.9. The van der Waals surface area contributed by atoms with Crippen LogP contribution < -0.4 is 10.6 Å². The highest BCUT2D eigenvalue weighted by atomic mass is 16.2. The molecule has 23 heavy (non-hydrogen) atoms. The van der Waals surface area contributed by atoms with Crippen LogP contribution in [0.15, 0.2) is 48.5 Å². The molecule has 1 fully saturated rings. The SMILES string of the molecule is CC(=O)c1cccc(Nc2ccc(NC(=O)C3CCC3)cc2)c1. The molecule has 118 valence electrons. The second-order valence-corrected chi connectivity index (χ2v) is 5.96. The van der Waals surface area contributed by atoms with Crippen molar-refractivity contribution < 1.29 is 9.59 Å². The van der Waals surface area contributed by atoms with Crippen LogP contribution in [-0.2, 0) is 4.79 Å². The molecule has 0 aromatic heterocycles. The lowest BCUT2D eigenvalue weighted by atomic mass is 9.85. The summed E-state index contributed by atoms with van der Waals surface area (Å²) >= 11 is 0. The monoisotopic (exact) mass is 308 g/mol. The molecule has 2 aromatic carbocycles. The van der Waals surface area contributed by atoms with Crippen LogP contribution in [0.1, 0.15) is 36.5 Å². The summed E-state index contributed by atoms with van der Waals surface area (Å²) in [5, 5.41) is 6.21. The molecule has 1 aliphatic carbocycles. The maximum atomic E-state index is 11.9. The number of nitrogens with one attached hydrogen (secondary N) is 2. The van der Waals surface area contributed by atoms with Crippen molar-refractivity contribution >= 4 is 28.8 Å². The fraction of sp³-hybridized carbons (Fsp3) is 0.263. The molecule has 3 rings (SSSR count). The van der Waals surface area contributed by atoms with Gasteiger partial charge in [0, 0.05) is 28.5 Å². The quantitative estimate of drug-likeness (QED) is 0.806. The molecule has 4 nitrogen and oxygen atoms in total. The Morgan fingerprint density at radius 2 is 1.65 bits per heavy atom. The highest BCUT2D eigenvalue weighted by Crippen LogP contribution is 2.28. The third-order valence-electron chi connectivity index (χ3n) is 4.19. The zero-order chi connectivity index (χ0) is 16.2. The fourth-order valence-electron chi connectivity index (χ4n) is 2.53. The lowest BCUT2D eigenvalue weighted by Crippen LogP contribution is -2.27. The van der Waals surface area contributed by atoms with Gasteiger partial charge in [0.2, 0.25) is 5.91 Å². The van der Waals surface area contributed by atoms with E-state index in [9.17, 15) is 9.59 Å². The molecular formula is C19H20N2O2. The van der Waals surface area contributed by atoms with Crippen molar-refractivity contribution in [1.82, 2.24) is 0 Å². The van der Waals surface area contributed by atoms with Crippen LogP contribution in [0.2, 0.25) is 0 Å². The van der Waals surface area contributed by atoms with Gasteiger partial charge in [0.05, 0.1) is 0 Å². The van der Waals surface area contributed by atoms with E-state index in [1.165, 1.54) is 0 Å². The molecule has 1 aliphatic rings. The molecule has 2 aromatic rings. The van der Waals surface area contributed by atoms with Gasteiger partial charge in [-0.25, -0.2) is 0 Å². The molecule has 1 saturated carbocycles. The Balaban J connectivity index is 1.64. The van der Waals surface area contributed by atoms with Crippen LogP contribution in [0.25, 0.3) is 0 Å². The van der Waals surface area contributed by atoms with Crippen LogP contribution in [0.5, 0.6) is 0 Å². The molecule has 2 N–H and O–H groups in total. The van der Waals surface area contributed by atoms with E-state index in [1.807, 2.05) is 42.5 Å². The van der Waals surface area contributed by atoms with E-state index in [2.05, 4.69) is 10.6 Å². The largest absolute Gasteiger partial charge is 0.356 e. The van der Waals surface area contributed by atoms with Crippen LogP contribution in [0.3, 0.4) is 0 Å². The second kappa shape index (κ2) is 6.65. The second-order valence-electron chi connectivity index (χ2n) is 5.96. The summed E-state index contributed by atoms with van der Waals surface area (Å²) in [6.45, 7) is 1.55. The van der Waals surface area contributed by atoms with Gasteiger partial charge in [-0.15, -0.1) is 0 Å². The van der Waals surface area contributed by atoms with Gasteiger partial charge >= 0.3 is 0 Å². The Morgan fingerprint density at radius 3 is 2.26 bits per heavy atom. The first-order valence-electron chi connectivity index (χ1n) is 7.91. The van der Waals surface area contributed by atoms with Gasteiger partial charge in [-0.05, 0) is 56.2 Å². The fourth-order valence-corrected chi connectivity index (χ4v) is 2.53. The summed E-state index contributed by atoms with van der Waals surface area (Å²) in [6.07, 6.45) is 3.15. The summed E-state index contributed by atoms with van der Waals surface area (Å²) in [5.74, 6) is 0.343. The number of hydrogen-bond donors (Lipinski definition) is 2. The summed E-state index contributed by atoms with van der Waals surface area (Å²) in [7, 11) is 0. The van der Waals surface area contributed by atoms with Gasteiger partial charge in [-0.3, -0.25) is 9.59 Å². The molecule has 4 heteroatoms. The molecule has 0 unspecified atom stereocenters. The third kappa shape index (κ3) is 3.77. The van der Waals surface area contributed by atoms with Crippen molar-refractivity contribution in [3.63, 3.8) is 0 Å². The maximum Gasteiger partial charge on any atom is 0.227 e. The predicted octanol–water partition coefficient (Wildman–Crippen LogP) is 4.37. The first-order chi connectivity index (χ1) is 11.1. The average molecular weight is 308 g/mol. The molecule has 0 bridgehead atoms. The molecule has 0 heterocycles. The van der Waals surface area contributed by atoms with E-state index in [-0.39, 0.29) is 17.6 Å². The van der Waals surface area contributed by atoms with Crippen LogP contribution >= 0.6 is 0 Å². The highest BCUT2D eigenvalue weighted by molar-refractivity contribution is 5.95. The molecule has 0 atom stereocenters. The van der Waals surface area contributed by atoms with E-state index in [0.717, 1.165) is 36.3 Å². The van der Waals surface area contributed by atoms with E-state index >= 15 is 0 Å². The standard InChI is InChI=1S/C19H20N2O2/c1-13(22)15-6-3-7-18(12-15)20-16-8-10-17(11-9-16)21-19(23)14-4-2-5-14/h3,6-12,14,20H,2,4-5H2,1H3,(H,21,23). The molecular weight excluding hydrogens is 288 g/mol. The Hall–Kier alpha value is -2.62. The number of benzene rings is 2. The minimum absolute atomic E-state index is 0.0442. The van der Waals surface area contributed by atoms with Crippen molar-refractivity contribution in [2.45, 2.75) is 26.2 Å². The van der Waals surface area contributed by atoms with Crippen molar-refractivity contribution in [3.8, 4) is 0 Å². The minimum Gasteiger partial charge on any atom is -0.356 e. The number of anilines is 3. The highest BCUT2D eigenvalue weighted by Gasteiger charge is 2.24. The van der Waals surface area contributed by atoms with E-state index in [1.54, 1.807) is 13.0 Å². The normalized spacial score (nSPS) is 14.0. The number of ketones is 1. The summed E-state index contributed by atoms with van der Waals surface area (Å²) in [5.41, 5.74) is 3.26. The van der Waals surface area contributed by atoms with Crippen LogP contribution in [0.4, 0.5) is 17.1 Å². The number of carbonyl (C=O) groups excluding carboxylic acids is 2. The molecule has 1 amide bonds. The smallest absolute Gasteiger partial charge is 0.227 e. The third-order valence-corrected chi connectivity index (χ3v) is 4.19. The van der Waals surface area contributed by atoms with Crippen molar-refractivity contribution in [3.05, 3.63) is 54.1 Å². The van der Waals surface area contributed by atoms with Gasteiger partial charge in [-0.1, -0.05) is 18.6 Å². The zero-order valence-electron chi connectivity index (χ0n) is 13.1. The van der Waals surface area contributed by atoms with Gasteiger partial charge in [0.1, 0.15) is 0 Å². The number of carbonyl (C=O) groups is 2. The van der Waals surface area contributed by atoms with Crippen molar-refractivity contribution in [2.75, 3.05) is 10.6 Å². The first kappa shape index (κ1) is 15.3. The van der Waals surface area contributed by atoms with E-state index < -0.39 is 0 Å². The Kier molecular flexibility index (Phi) is 4.42. The number of Topliss-reactive ketones (excluding diaryl/α,β-unsaturated/α-hetero) is 1. The summed E-state index contributed by atoms with van der Waals surface area (Å²) in [6, 6.07) is 15.0. The number of amides is 1. The Bertz CT molecular complexity index is 718. The molecule has 0 aliphatic heterocycles. The molecule has 0 radical (unpaired) electrons. The number of hydrogen-bond acceptors (Lipinski definition) is 3. The van der Waals surface area contributed by atoms with E-state index in [0.29, 0.717) is 5.56 Å². The molecule has 0 spiro atoms. The topological polar surface area (TPSA) is 58.2 Å². The number of rotatable bonds is 5. The van der Waals surface area contributed by atoms with Crippen LogP contribution in [-0.4, -0.2) is 11.7 Å². The molecule has 0 saturated heterocycles.